The lowest BCUT2D eigenvalue weighted by molar-refractivity contribution is 0.0694. The van der Waals surface area contributed by atoms with Crippen molar-refractivity contribution >= 4 is 5.97 Å². The minimum Gasteiger partial charge on any atom is -0.493 e. The Kier molecular flexibility index (Phi) is 6.19. The summed E-state index contributed by atoms with van der Waals surface area (Å²) in [5.74, 6) is 0.406. The Hall–Kier alpha value is -3.32. The number of benzene rings is 1. The SMILES string of the molecule is COCCCOc1cc2c(cc1-c1ccco1)-c1cc(=O)c(C(=O)O)cn1C(C(C)C)C2. The number of hydrogen-bond donors (Lipinski definition) is 1. The molecular formula is C25H27NO6. The van der Waals surface area contributed by atoms with Crippen LogP contribution in [0.25, 0.3) is 22.6 Å². The van der Waals surface area contributed by atoms with Gasteiger partial charge in [0.15, 0.2) is 5.43 Å². The van der Waals surface area contributed by atoms with Crippen LogP contribution in [-0.4, -0.2) is 36.0 Å². The first-order chi connectivity index (χ1) is 15.4. The van der Waals surface area contributed by atoms with E-state index in [9.17, 15) is 14.7 Å². The van der Waals surface area contributed by atoms with Gasteiger partial charge in [-0.2, -0.15) is 0 Å². The summed E-state index contributed by atoms with van der Waals surface area (Å²) < 4.78 is 18.8. The van der Waals surface area contributed by atoms with E-state index in [4.69, 9.17) is 13.9 Å². The summed E-state index contributed by atoms with van der Waals surface area (Å²) in [6.45, 7) is 5.30. The van der Waals surface area contributed by atoms with Crippen LogP contribution >= 0.6 is 0 Å². The second kappa shape index (κ2) is 9.04. The van der Waals surface area contributed by atoms with Gasteiger partial charge in [-0.05, 0) is 42.2 Å². The molecule has 1 N–H and O–H groups in total. The zero-order valence-electron chi connectivity index (χ0n) is 18.5. The van der Waals surface area contributed by atoms with Gasteiger partial charge in [-0.15, -0.1) is 0 Å². The molecule has 1 atom stereocenters. The molecule has 7 nitrogen and oxygen atoms in total. The molecule has 1 aromatic carbocycles. The number of pyridine rings is 1. The van der Waals surface area contributed by atoms with Crippen molar-refractivity contribution in [3.05, 3.63) is 64.1 Å². The van der Waals surface area contributed by atoms with Crippen LogP contribution in [0.2, 0.25) is 0 Å². The fourth-order valence-electron chi connectivity index (χ4n) is 4.24. The van der Waals surface area contributed by atoms with Crippen LogP contribution in [-0.2, 0) is 11.2 Å². The number of aromatic carboxylic acids is 1. The molecule has 4 rings (SSSR count). The predicted octanol–water partition coefficient (Wildman–Crippen LogP) is 4.64. The van der Waals surface area contributed by atoms with Gasteiger partial charge in [0.25, 0.3) is 0 Å². The van der Waals surface area contributed by atoms with E-state index in [0.717, 1.165) is 28.9 Å². The largest absolute Gasteiger partial charge is 0.493 e. The molecule has 0 saturated carbocycles. The quantitative estimate of drug-likeness (QED) is 0.516. The van der Waals surface area contributed by atoms with Crippen molar-refractivity contribution in [3.63, 3.8) is 0 Å². The molecule has 0 bridgehead atoms. The van der Waals surface area contributed by atoms with Crippen molar-refractivity contribution in [1.29, 1.82) is 0 Å². The molecule has 0 amide bonds. The Labute approximate surface area is 186 Å². The molecule has 3 aromatic rings. The molecule has 0 spiro atoms. The second-order valence-corrected chi connectivity index (χ2v) is 8.34. The smallest absolute Gasteiger partial charge is 0.341 e. The van der Waals surface area contributed by atoms with Gasteiger partial charge in [0, 0.05) is 44.0 Å². The van der Waals surface area contributed by atoms with E-state index in [1.165, 1.54) is 12.3 Å². The Balaban J connectivity index is 1.88. The summed E-state index contributed by atoms with van der Waals surface area (Å²) in [5, 5.41) is 9.46. The van der Waals surface area contributed by atoms with E-state index in [0.29, 0.717) is 31.1 Å². The molecule has 1 aliphatic rings. The lowest BCUT2D eigenvalue weighted by Crippen LogP contribution is -2.28. The molecule has 0 aliphatic carbocycles. The zero-order chi connectivity index (χ0) is 22.8. The highest BCUT2D eigenvalue weighted by atomic mass is 16.5. The number of fused-ring (bicyclic) bond motifs is 3. The summed E-state index contributed by atoms with van der Waals surface area (Å²) in [5.41, 5.74) is 2.72. The first kappa shape index (κ1) is 21.9. The van der Waals surface area contributed by atoms with Gasteiger partial charge in [0.2, 0.25) is 0 Å². The highest BCUT2D eigenvalue weighted by molar-refractivity contribution is 5.88. The fraction of sp³-hybridized carbons (Fsp3) is 0.360. The van der Waals surface area contributed by atoms with Crippen LogP contribution in [0.5, 0.6) is 5.75 Å². The summed E-state index contributed by atoms with van der Waals surface area (Å²) in [6, 6.07) is 9.13. The first-order valence-electron chi connectivity index (χ1n) is 10.7. The number of hydrogen-bond acceptors (Lipinski definition) is 5. The van der Waals surface area contributed by atoms with Gasteiger partial charge in [-0.1, -0.05) is 13.8 Å². The molecule has 1 aliphatic heterocycles. The number of carboxylic acids is 1. The maximum absolute atomic E-state index is 12.6. The molecule has 32 heavy (non-hydrogen) atoms. The number of nitrogens with zero attached hydrogens (tertiary/aromatic N) is 1. The van der Waals surface area contributed by atoms with Gasteiger partial charge in [0.05, 0.1) is 24.1 Å². The van der Waals surface area contributed by atoms with Crippen molar-refractivity contribution in [2.24, 2.45) is 5.92 Å². The van der Waals surface area contributed by atoms with E-state index in [-0.39, 0.29) is 17.5 Å². The number of aromatic nitrogens is 1. The number of methoxy groups -OCH3 is 1. The summed E-state index contributed by atoms with van der Waals surface area (Å²) >= 11 is 0. The van der Waals surface area contributed by atoms with E-state index < -0.39 is 11.4 Å². The number of carboxylic acid groups (broad SMARTS) is 1. The van der Waals surface area contributed by atoms with Crippen LogP contribution in [0.3, 0.4) is 0 Å². The van der Waals surface area contributed by atoms with Gasteiger partial charge in [-0.3, -0.25) is 4.79 Å². The average Bonchev–Trinajstić information content (AvgIpc) is 3.29. The maximum Gasteiger partial charge on any atom is 0.341 e. The molecule has 168 valence electrons. The molecule has 2 aromatic heterocycles. The monoisotopic (exact) mass is 437 g/mol. The third-order valence-electron chi connectivity index (χ3n) is 5.88. The highest BCUT2D eigenvalue weighted by Crippen LogP contribution is 2.43. The van der Waals surface area contributed by atoms with Crippen LogP contribution < -0.4 is 10.2 Å². The Morgan fingerprint density at radius 1 is 1.25 bits per heavy atom. The topological polar surface area (TPSA) is 90.9 Å². The summed E-state index contributed by atoms with van der Waals surface area (Å²) in [7, 11) is 1.66. The molecule has 0 saturated heterocycles. The normalized spacial score (nSPS) is 14.8. The molecular weight excluding hydrogens is 410 g/mol. The van der Waals surface area contributed by atoms with E-state index in [2.05, 4.69) is 13.8 Å². The van der Waals surface area contributed by atoms with E-state index in [1.54, 1.807) is 13.4 Å². The number of furan rings is 1. The molecule has 0 radical (unpaired) electrons. The van der Waals surface area contributed by atoms with Crippen LogP contribution in [0.15, 0.2) is 52.0 Å². The third kappa shape index (κ3) is 4.08. The minimum atomic E-state index is -1.21. The molecule has 1 unspecified atom stereocenters. The van der Waals surface area contributed by atoms with Crippen molar-refractivity contribution < 1.29 is 23.8 Å². The van der Waals surface area contributed by atoms with Gasteiger partial charge >= 0.3 is 5.97 Å². The van der Waals surface area contributed by atoms with Crippen LogP contribution in [0, 0.1) is 5.92 Å². The van der Waals surface area contributed by atoms with Crippen molar-refractivity contribution in [3.8, 4) is 28.3 Å². The van der Waals surface area contributed by atoms with Gasteiger partial charge < -0.3 is 23.6 Å². The lowest BCUT2D eigenvalue weighted by atomic mass is 9.86. The van der Waals surface area contributed by atoms with Crippen molar-refractivity contribution in [2.75, 3.05) is 20.3 Å². The van der Waals surface area contributed by atoms with E-state index >= 15 is 0 Å². The Morgan fingerprint density at radius 3 is 2.72 bits per heavy atom. The number of rotatable bonds is 8. The van der Waals surface area contributed by atoms with Gasteiger partial charge in [-0.25, -0.2) is 4.79 Å². The number of ether oxygens (including phenoxy) is 2. The van der Waals surface area contributed by atoms with Gasteiger partial charge in [0.1, 0.15) is 17.1 Å². The molecule has 7 heteroatoms. The van der Waals surface area contributed by atoms with E-state index in [1.807, 2.05) is 28.8 Å². The lowest BCUT2D eigenvalue weighted by Gasteiger charge is -2.34. The third-order valence-corrected chi connectivity index (χ3v) is 5.88. The van der Waals surface area contributed by atoms with Crippen molar-refractivity contribution in [2.45, 2.75) is 32.7 Å². The highest BCUT2D eigenvalue weighted by Gasteiger charge is 2.29. The summed E-state index contributed by atoms with van der Waals surface area (Å²) in [4.78, 5) is 24.1. The first-order valence-corrected chi connectivity index (χ1v) is 10.7. The molecule has 3 heterocycles. The predicted molar refractivity (Wildman–Crippen MR) is 120 cm³/mol. The van der Waals surface area contributed by atoms with Crippen LogP contribution in [0.1, 0.15) is 42.2 Å². The summed E-state index contributed by atoms with van der Waals surface area (Å²) in [6.07, 6.45) is 4.55. The fourth-order valence-corrected chi connectivity index (χ4v) is 4.24. The van der Waals surface area contributed by atoms with Crippen molar-refractivity contribution in [1.82, 2.24) is 4.57 Å². The maximum atomic E-state index is 12.6. The van der Waals surface area contributed by atoms with Crippen LogP contribution in [0.4, 0.5) is 0 Å². The average molecular weight is 437 g/mol. The Morgan fingerprint density at radius 2 is 2.06 bits per heavy atom. The number of carbonyl (C=O) groups is 1. The standard InChI is InChI=1S/C25H27NO6/c1-15(2)20-10-16-11-24(32-9-5-7-30-3)18(23-6-4-8-31-23)12-17(16)21-13-22(27)19(25(28)29)14-26(20)21/h4,6,8,11-15,20H,5,7,9-10H2,1-3H3,(H,28,29). The zero-order valence-corrected chi connectivity index (χ0v) is 18.5. The Bertz CT molecular complexity index is 1180. The second-order valence-electron chi connectivity index (χ2n) is 8.34. The minimum absolute atomic E-state index is 0.0204. The molecule has 0 fully saturated rings.